The maximum Gasteiger partial charge on any atom is 0.134 e. The number of furan rings is 1. The zero-order valence-corrected chi connectivity index (χ0v) is 7.23. The van der Waals surface area contributed by atoms with Crippen LogP contribution in [0.15, 0.2) is 40.3 Å². The Morgan fingerprint density at radius 1 is 1.45 bits per heavy atom. The maximum atomic E-state index is 5.27. The van der Waals surface area contributed by atoms with Gasteiger partial charge in [-0.1, -0.05) is 12.2 Å². The Kier molecular flexibility index (Phi) is 1.67. The van der Waals surface area contributed by atoms with Crippen molar-refractivity contribution in [1.82, 2.24) is 0 Å². The van der Waals surface area contributed by atoms with Gasteiger partial charge in [-0.15, -0.1) is 9.24 Å². The van der Waals surface area contributed by atoms with Crippen molar-refractivity contribution in [3.63, 3.8) is 0 Å². The highest BCUT2D eigenvalue weighted by Crippen LogP contribution is 2.31. The van der Waals surface area contributed by atoms with Crippen LogP contribution in [0, 0.1) is 0 Å². The largest absolute Gasteiger partial charge is 0.464 e. The van der Waals surface area contributed by atoms with Gasteiger partial charge in [-0.25, -0.2) is 0 Å². The molecule has 2 rings (SSSR count). The summed E-state index contributed by atoms with van der Waals surface area (Å²) in [6, 6.07) is 3.89. The molecule has 1 aromatic heterocycles. The first-order chi connectivity index (χ1) is 5.38. The second-order valence-electron chi connectivity index (χ2n) is 2.52. The molecule has 0 fully saturated rings. The molecule has 0 aliphatic heterocycles. The van der Waals surface area contributed by atoms with Crippen molar-refractivity contribution in [3.05, 3.63) is 41.6 Å². The Morgan fingerprint density at radius 3 is 2.91 bits per heavy atom. The molecule has 1 aliphatic carbocycles. The molecular weight excluding hydrogens is 155 g/mol. The highest BCUT2D eigenvalue weighted by Gasteiger charge is 2.08. The summed E-state index contributed by atoms with van der Waals surface area (Å²) in [5, 5.41) is 1.31. The lowest BCUT2D eigenvalue weighted by molar-refractivity contribution is 0.554. The van der Waals surface area contributed by atoms with Crippen LogP contribution < -0.4 is 0 Å². The molecule has 1 aliphatic rings. The molecule has 0 bridgehead atoms. The normalized spacial score (nSPS) is 16.5. The summed E-state index contributed by atoms with van der Waals surface area (Å²) in [6.07, 6.45) is 6.97. The molecule has 0 spiro atoms. The minimum Gasteiger partial charge on any atom is -0.464 e. The minimum absolute atomic E-state index is 0.962. The van der Waals surface area contributed by atoms with E-state index in [9.17, 15) is 0 Å². The molecule has 0 N–H and O–H groups in total. The van der Waals surface area contributed by atoms with Gasteiger partial charge in [0.05, 0.1) is 6.26 Å². The number of allylic oxidation sites excluding steroid dienone is 4. The van der Waals surface area contributed by atoms with Crippen LogP contribution in [0.3, 0.4) is 0 Å². The standard InChI is InChI=1S/C9H9OP/c11-9-5-1-3-7(9)8-4-2-6-10-8/h1-4,6H,5,11H2. The van der Waals surface area contributed by atoms with E-state index in [2.05, 4.69) is 21.4 Å². The molecule has 1 unspecified atom stereocenters. The molecule has 56 valence electrons. The average Bonchev–Trinajstić information content (AvgIpc) is 2.55. The van der Waals surface area contributed by atoms with E-state index in [1.165, 1.54) is 10.9 Å². The Morgan fingerprint density at radius 2 is 2.36 bits per heavy atom. The third-order valence-corrected chi connectivity index (χ3v) is 2.30. The van der Waals surface area contributed by atoms with Gasteiger partial charge in [0.2, 0.25) is 0 Å². The van der Waals surface area contributed by atoms with Crippen LogP contribution >= 0.6 is 9.24 Å². The summed E-state index contributed by atoms with van der Waals surface area (Å²) in [7, 11) is 2.74. The molecule has 1 nitrogen and oxygen atoms in total. The first kappa shape index (κ1) is 6.87. The van der Waals surface area contributed by atoms with Gasteiger partial charge in [0, 0.05) is 5.57 Å². The van der Waals surface area contributed by atoms with E-state index < -0.39 is 0 Å². The number of hydrogen-bond acceptors (Lipinski definition) is 1. The van der Waals surface area contributed by atoms with Crippen LogP contribution in [0.2, 0.25) is 0 Å². The number of hydrogen-bond donors (Lipinski definition) is 0. The zero-order chi connectivity index (χ0) is 7.68. The van der Waals surface area contributed by atoms with E-state index in [1.807, 2.05) is 12.1 Å². The predicted octanol–water partition coefficient (Wildman–Crippen LogP) is 2.83. The van der Waals surface area contributed by atoms with Crippen LogP contribution in [0.5, 0.6) is 0 Å². The lowest BCUT2D eigenvalue weighted by Gasteiger charge is -1.95. The van der Waals surface area contributed by atoms with Gasteiger partial charge in [0.25, 0.3) is 0 Å². The molecule has 0 saturated carbocycles. The van der Waals surface area contributed by atoms with Gasteiger partial charge in [-0.3, -0.25) is 0 Å². The van der Waals surface area contributed by atoms with Crippen molar-refractivity contribution < 1.29 is 4.42 Å². The summed E-state index contributed by atoms with van der Waals surface area (Å²) in [4.78, 5) is 0. The lowest BCUT2D eigenvalue weighted by Crippen LogP contribution is -1.73. The highest BCUT2D eigenvalue weighted by molar-refractivity contribution is 7.23. The molecule has 11 heavy (non-hydrogen) atoms. The molecule has 0 saturated heterocycles. The fourth-order valence-electron chi connectivity index (χ4n) is 1.19. The topological polar surface area (TPSA) is 13.1 Å². The zero-order valence-electron chi connectivity index (χ0n) is 6.08. The van der Waals surface area contributed by atoms with E-state index >= 15 is 0 Å². The predicted molar refractivity (Wildman–Crippen MR) is 49.1 cm³/mol. The van der Waals surface area contributed by atoms with Gasteiger partial charge in [0.1, 0.15) is 5.76 Å². The van der Waals surface area contributed by atoms with Crippen LogP contribution in [-0.4, -0.2) is 0 Å². The second-order valence-corrected chi connectivity index (χ2v) is 3.22. The summed E-state index contributed by atoms with van der Waals surface area (Å²) in [6.45, 7) is 0. The molecule has 1 aromatic rings. The van der Waals surface area contributed by atoms with Crippen molar-refractivity contribution in [1.29, 1.82) is 0 Å². The van der Waals surface area contributed by atoms with Crippen LogP contribution in [0.1, 0.15) is 12.2 Å². The molecule has 0 aromatic carbocycles. The van der Waals surface area contributed by atoms with Gasteiger partial charge in [-0.05, 0) is 23.9 Å². The third kappa shape index (κ3) is 1.17. The Bertz CT molecular complexity index is 306. The molecule has 2 heteroatoms. The molecule has 0 amide bonds. The van der Waals surface area contributed by atoms with Crippen molar-refractivity contribution in [2.75, 3.05) is 0 Å². The van der Waals surface area contributed by atoms with E-state index in [1.54, 1.807) is 6.26 Å². The number of rotatable bonds is 1. The summed E-state index contributed by atoms with van der Waals surface area (Å²) < 4.78 is 5.27. The van der Waals surface area contributed by atoms with Gasteiger partial charge in [-0.2, -0.15) is 0 Å². The van der Waals surface area contributed by atoms with Crippen molar-refractivity contribution in [2.45, 2.75) is 6.42 Å². The fraction of sp³-hybridized carbons (Fsp3) is 0.111. The van der Waals surface area contributed by atoms with Gasteiger partial charge >= 0.3 is 0 Å². The monoisotopic (exact) mass is 164 g/mol. The van der Waals surface area contributed by atoms with Crippen LogP contribution in [-0.2, 0) is 0 Å². The van der Waals surface area contributed by atoms with Crippen LogP contribution in [0.25, 0.3) is 5.57 Å². The molecule has 1 heterocycles. The smallest absolute Gasteiger partial charge is 0.134 e. The van der Waals surface area contributed by atoms with E-state index in [0.29, 0.717) is 0 Å². The van der Waals surface area contributed by atoms with E-state index in [-0.39, 0.29) is 0 Å². The SMILES string of the molecule is PC1=C(c2ccco2)C=CC1. The Hall–Kier alpha value is -0.810. The summed E-state index contributed by atoms with van der Waals surface area (Å²) >= 11 is 0. The van der Waals surface area contributed by atoms with Crippen molar-refractivity contribution in [3.8, 4) is 0 Å². The van der Waals surface area contributed by atoms with Crippen molar-refractivity contribution >= 4 is 14.8 Å². The third-order valence-electron chi connectivity index (χ3n) is 1.75. The maximum absolute atomic E-state index is 5.27. The van der Waals surface area contributed by atoms with E-state index in [4.69, 9.17) is 4.42 Å². The first-order valence-electron chi connectivity index (χ1n) is 3.57. The fourth-order valence-corrected chi connectivity index (χ4v) is 1.57. The minimum atomic E-state index is 0.962. The second kappa shape index (κ2) is 2.67. The van der Waals surface area contributed by atoms with Crippen LogP contribution in [0.4, 0.5) is 0 Å². The van der Waals surface area contributed by atoms with E-state index in [0.717, 1.165) is 12.2 Å². The van der Waals surface area contributed by atoms with Gasteiger partial charge in [0.15, 0.2) is 0 Å². The van der Waals surface area contributed by atoms with Gasteiger partial charge < -0.3 is 4.42 Å². The molecular formula is C9H9OP. The first-order valence-corrected chi connectivity index (χ1v) is 4.15. The molecule has 1 atom stereocenters. The summed E-state index contributed by atoms with van der Waals surface area (Å²) in [5.41, 5.74) is 1.21. The molecule has 0 radical (unpaired) electrons. The summed E-state index contributed by atoms with van der Waals surface area (Å²) in [5.74, 6) is 0.962. The lowest BCUT2D eigenvalue weighted by atomic mass is 10.2. The van der Waals surface area contributed by atoms with Crippen molar-refractivity contribution in [2.24, 2.45) is 0 Å². The Balaban J connectivity index is 2.44. The Labute approximate surface area is 68.0 Å². The quantitative estimate of drug-likeness (QED) is 0.581. The highest BCUT2D eigenvalue weighted by atomic mass is 31.0. The average molecular weight is 164 g/mol.